The maximum Gasteiger partial charge on any atom is 0.0620 e. The summed E-state index contributed by atoms with van der Waals surface area (Å²) in [5, 5.41) is 3.46. The SMILES string of the molecule is CCCNC(C)COC1CCC(C)CC1. The lowest BCUT2D eigenvalue weighted by atomic mass is 9.89. The minimum atomic E-state index is 0.504. The Labute approximate surface area is 94.8 Å². The van der Waals surface area contributed by atoms with E-state index < -0.39 is 0 Å². The summed E-state index contributed by atoms with van der Waals surface area (Å²) in [6.07, 6.45) is 6.96. The predicted molar refractivity (Wildman–Crippen MR) is 65.1 cm³/mol. The zero-order valence-electron chi connectivity index (χ0n) is 10.6. The molecule has 1 rings (SSSR count). The largest absolute Gasteiger partial charge is 0.377 e. The molecule has 0 aromatic rings. The summed E-state index contributed by atoms with van der Waals surface area (Å²) < 4.78 is 5.93. The first kappa shape index (κ1) is 13.0. The van der Waals surface area contributed by atoms with Gasteiger partial charge in [-0.3, -0.25) is 0 Å². The molecule has 1 N–H and O–H groups in total. The molecule has 1 aliphatic rings. The second-order valence-corrected chi connectivity index (χ2v) is 5.07. The van der Waals surface area contributed by atoms with Gasteiger partial charge in [0.05, 0.1) is 12.7 Å². The van der Waals surface area contributed by atoms with Crippen LogP contribution in [0.2, 0.25) is 0 Å². The van der Waals surface area contributed by atoms with Gasteiger partial charge in [-0.2, -0.15) is 0 Å². The zero-order chi connectivity index (χ0) is 11.1. The van der Waals surface area contributed by atoms with Crippen molar-refractivity contribution in [1.82, 2.24) is 5.32 Å². The molecule has 1 atom stereocenters. The minimum Gasteiger partial charge on any atom is -0.377 e. The van der Waals surface area contributed by atoms with Crippen molar-refractivity contribution in [3.05, 3.63) is 0 Å². The summed E-state index contributed by atoms with van der Waals surface area (Å²) in [6, 6.07) is 0.504. The van der Waals surface area contributed by atoms with Crippen LogP contribution >= 0.6 is 0 Å². The molecule has 0 aromatic carbocycles. The first-order valence-electron chi connectivity index (χ1n) is 6.57. The third kappa shape index (κ3) is 5.53. The Bertz CT molecular complexity index is 153. The molecule has 0 radical (unpaired) electrons. The second kappa shape index (κ2) is 7.24. The topological polar surface area (TPSA) is 21.3 Å². The van der Waals surface area contributed by atoms with Gasteiger partial charge in [-0.1, -0.05) is 13.8 Å². The number of ether oxygens (including phenoxy) is 1. The van der Waals surface area contributed by atoms with Crippen molar-refractivity contribution in [1.29, 1.82) is 0 Å². The third-order valence-corrected chi connectivity index (χ3v) is 3.29. The zero-order valence-corrected chi connectivity index (χ0v) is 10.6. The molecular formula is C13H27NO. The highest BCUT2D eigenvalue weighted by Crippen LogP contribution is 2.25. The highest BCUT2D eigenvalue weighted by molar-refractivity contribution is 4.71. The summed E-state index contributed by atoms with van der Waals surface area (Å²) in [4.78, 5) is 0. The maximum absolute atomic E-state index is 5.93. The van der Waals surface area contributed by atoms with Crippen LogP contribution in [0.1, 0.15) is 52.9 Å². The van der Waals surface area contributed by atoms with Gasteiger partial charge in [-0.25, -0.2) is 0 Å². The highest BCUT2D eigenvalue weighted by atomic mass is 16.5. The smallest absolute Gasteiger partial charge is 0.0620 e. The summed E-state index contributed by atoms with van der Waals surface area (Å²) in [5.41, 5.74) is 0. The Morgan fingerprint density at radius 1 is 1.27 bits per heavy atom. The fourth-order valence-electron chi connectivity index (χ4n) is 2.13. The van der Waals surface area contributed by atoms with E-state index in [2.05, 4.69) is 26.1 Å². The van der Waals surface area contributed by atoms with E-state index in [1.165, 1.54) is 32.1 Å². The molecule has 2 nitrogen and oxygen atoms in total. The fraction of sp³-hybridized carbons (Fsp3) is 1.00. The van der Waals surface area contributed by atoms with Gasteiger partial charge in [0, 0.05) is 6.04 Å². The van der Waals surface area contributed by atoms with Crippen LogP contribution in [0, 0.1) is 5.92 Å². The molecule has 0 saturated heterocycles. The van der Waals surface area contributed by atoms with Crippen LogP contribution in [0.5, 0.6) is 0 Å². The Balaban J connectivity index is 2.04. The molecule has 0 aromatic heterocycles. The predicted octanol–water partition coefficient (Wildman–Crippen LogP) is 2.97. The van der Waals surface area contributed by atoms with Crippen LogP contribution in [-0.4, -0.2) is 25.3 Å². The van der Waals surface area contributed by atoms with E-state index in [-0.39, 0.29) is 0 Å². The highest BCUT2D eigenvalue weighted by Gasteiger charge is 2.18. The molecule has 2 heteroatoms. The van der Waals surface area contributed by atoms with Crippen molar-refractivity contribution in [3.8, 4) is 0 Å². The Hall–Kier alpha value is -0.0800. The van der Waals surface area contributed by atoms with Gasteiger partial charge < -0.3 is 10.1 Å². The van der Waals surface area contributed by atoms with E-state index >= 15 is 0 Å². The molecule has 1 saturated carbocycles. The van der Waals surface area contributed by atoms with Gasteiger partial charge in [0.15, 0.2) is 0 Å². The first-order valence-corrected chi connectivity index (χ1v) is 6.57. The normalized spacial score (nSPS) is 29.0. The lowest BCUT2D eigenvalue weighted by Crippen LogP contribution is -2.33. The lowest BCUT2D eigenvalue weighted by Gasteiger charge is -2.27. The molecule has 0 heterocycles. The van der Waals surface area contributed by atoms with Crippen molar-refractivity contribution in [2.24, 2.45) is 5.92 Å². The number of hydrogen-bond acceptors (Lipinski definition) is 2. The Morgan fingerprint density at radius 3 is 2.53 bits per heavy atom. The summed E-state index contributed by atoms with van der Waals surface area (Å²) in [7, 11) is 0. The van der Waals surface area contributed by atoms with E-state index in [9.17, 15) is 0 Å². The van der Waals surface area contributed by atoms with Crippen LogP contribution in [0.15, 0.2) is 0 Å². The fourth-order valence-corrected chi connectivity index (χ4v) is 2.13. The van der Waals surface area contributed by atoms with Crippen molar-refractivity contribution in [2.75, 3.05) is 13.2 Å². The molecular weight excluding hydrogens is 186 g/mol. The molecule has 0 amide bonds. The van der Waals surface area contributed by atoms with Crippen molar-refractivity contribution in [2.45, 2.75) is 65.0 Å². The van der Waals surface area contributed by atoms with Crippen LogP contribution in [0.3, 0.4) is 0 Å². The van der Waals surface area contributed by atoms with Gasteiger partial charge in [-0.05, 0) is 51.5 Å². The second-order valence-electron chi connectivity index (χ2n) is 5.07. The van der Waals surface area contributed by atoms with Gasteiger partial charge in [-0.15, -0.1) is 0 Å². The number of hydrogen-bond donors (Lipinski definition) is 1. The summed E-state index contributed by atoms with van der Waals surface area (Å²) >= 11 is 0. The molecule has 1 fully saturated rings. The standard InChI is InChI=1S/C13H27NO/c1-4-9-14-12(3)10-15-13-7-5-11(2)6-8-13/h11-14H,4-10H2,1-3H3. The van der Waals surface area contributed by atoms with Gasteiger partial charge in [0.1, 0.15) is 0 Å². The number of nitrogens with one attached hydrogen (secondary N) is 1. The van der Waals surface area contributed by atoms with Gasteiger partial charge in [0.2, 0.25) is 0 Å². The summed E-state index contributed by atoms with van der Waals surface area (Å²) in [5.74, 6) is 0.917. The summed E-state index contributed by atoms with van der Waals surface area (Å²) in [6.45, 7) is 8.73. The lowest BCUT2D eigenvalue weighted by molar-refractivity contribution is 0.0105. The van der Waals surface area contributed by atoms with Crippen molar-refractivity contribution in [3.63, 3.8) is 0 Å². The maximum atomic E-state index is 5.93. The van der Waals surface area contributed by atoms with Crippen LogP contribution < -0.4 is 5.32 Å². The van der Waals surface area contributed by atoms with Crippen molar-refractivity contribution < 1.29 is 4.74 Å². The molecule has 90 valence electrons. The van der Waals surface area contributed by atoms with E-state index in [4.69, 9.17) is 4.74 Å². The number of rotatable bonds is 6. The Morgan fingerprint density at radius 2 is 1.93 bits per heavy atom. The molecule has 0 spiro atoms. The van der Waals surface area contributed by atoms with E-state index in [1.807, 2.05) is 0 Å². The molecule has 15 heavy (non-hydrogen) atoms. The van der Waals surface area contributed by atoms with E-state index in [0.717, 1.165) is 19.1 Å². The van der Waals surface area contributed by atoms with Gasteiger partial charge >= 0.3 is 0 Å². The quantitative estimate of drug-likeness (QED) is 0.732. The molecule has 1 unspecified atom stereocenters. The molecule has 0 bridgehead atoms. The van der Waals surface area contributed by atoms with E-state index in [0.29, 0.717) is 12.1 Å². The average molecular weight is 213 g/mol. The van der Waals surface area contributed by atoms with E-state index in [1.54, 1.807) is 0 Å². The van der Waals surface area contributed by atoms with Crippen molar-refractivity contribution >= 4 is 0 Å². The minimum absolute atomic E-state index is 0.504. The molecule has 0 aliphatic heterocycles. The average Bonchev–Trinajstić information content (AvgIpc) is 2.25. The van der Waals surface area contributed by atoms with Crippen LogP contribution in [0.4, 0.5) is 0 Å². The molecule has 1 aliphatic carbocycles. The van der Waals surface area contributed by atoms with Gasteiger partial charge in [0.25, 0.3) is 0 Å². The van der Waals surface area contributed by atoms with Crippen LogP contribution in [0.25, 0.3) is 0 Å². The third-order valence-electron chi connectivity index (χ3n) is 3.29. The first-order chi connectivity index (χ1) is 7.22. The van der Waals surface area contributed by atoms with Crippen LogP contribution in [-0.2, 0) is 4.74 Å². The monoisotopic (exact) mass is 213 g/mol. The Kier molecular flexibility index (Phi) is 6.26.